The van der Waals surface area contributed by atoms with Crippen LogP contribution in [0, 0.1) is 0 Å². The molecule has 4 nitrogen and oxygen atoms in total. The molecule has 4 heteroatoms. The lowest BCUT2D eigenvalue weighted by atomic mass is 10.1. The van der Waals surface area contributed by atoms with Gasteiger partial charge in [0.05, 0.1) is 0 Å². The van der Waals surface area contributed by atoms with Crippen LogP contribution in [0.25, 0.3) is 0 Å². The van der Waals surface area contributed by atoms with Crippen molar-refractivity contribution in [1.82, 2.24) is 5.32 Å². The van der Waals surface area contributed by atoms with E-state index < -0.39 is 0 Å². The van der Waals surface area contributed by atoms with Gasteiger partial charge in [0.1, 0.15) is 0 Å². The van der Waals surface area contributed by atoms with Crippen LogP contribution in [0.3, 0.4) is 0 Å². The highest BCUT2D eigenvalue weighted by Gasteiger charge is 2.05. The van der Waals surface area contributed by atoms with E-state index in [2.05, 4.69) is 5.32 Å². The Hall–Kier alpha value is -1.39. The molecule has 0 aliphatic rings. The molecule has 0 saturated heterocycles. The fourth-order valence-electron chi connectivity index (χ4n) is 1.81. The summed E-state index contributed by atoms with van der Waals surface area (Å²) >= 11 is 0. The number of ether oxygens (including phenoxy) is 1. The van der Waals surface area contributed by atoms with E-state index >= 15 is 0 Å². The maximum absolute atomic E-state index is 11.2. The number of nitrogens with two attached hydrogens (primary N) is 1. The number of carbonyl (C=O) groups excluding carboxylic acids is 1. The van der Waals surface area contributed by atoms with Crippen LogP contribution in [0.2, 0.25) is 0 Å². The number of amides is 1. The summed E-state index contributed by atoms with van der Waals surface area (Å²) in [5.41, 5.74) is 6.88. The first-order valence-electron chi connectivity index (χ1n) is 6.33. The maximum Gasteiger partial charge on any atom is 0.249 e. The van der Waals surface area contributed by atoms with Crippen LogP contribution in [-0.2, 0) is 11.3 Å². The molecular formula is C14H22N2O2. The highest BCUT2D eigenvalue weighted by molar-refractivity contribution is 5.94. The van der Waals surface area contributed by atoms with Gasteiger partial charge in [-0.2, -0.15) is 0 Å². The lowest BCUT2D eigenvalue weighted by Gasteiger charge is -2.08. The number of hydrogen-bond donors (Lipinski definition) is 2. The van der Waals surface area contributed by atoms with Crippen LogP contribution < -0.4 is 11.1 Å². The average Bonchev–Trinajstić information content (AvgIpc) is 2.38. The van der Waals surface area contributed by atoms with Crippen LogP contribution in [-0.4, -0.2) is 26.2 Å². The van der Waals surface area contributed by atoms with Crippen molar-refractivity contribution >= 4 is 5.91 Å². The van der Waals surface area contributed by atoms with Crippen molar-refractivity contribution in [3.05, 3.63) is 35.4 Å². The molecule has 1 amide bonds. The van der Waals surface area contributed by atoms with E-state index in [1.54, 1.807) is 13.2 Å². The Morgan fingerprint density at radius 2 is 2.06 bits per heavy atom. The van der Waals surface area contributed by atoms with Gasteiger partial charge in [-0.15, -0.1) is 0 Å². The smallest absolute Gasteiger partial charge is 0.249 e. The number of nitrogens with one attached hydrogen (secondary N) is 1. The minimum Gasteiger partial charge on any atom is -0.385 e. The Balaban J connectivity index is 2.25. The molecule has 1 aromatic rings. The molecule has 18 heavy (non-hydrogen) atoms. The minimum absolute atomic E-state index is 0.368. The highest BCUT2D eigenvalue weighted by atomic mass is 16.5. The third kappa shape index (κ3) is 5.29. The van der Waals surface area contributed by atoms with Crippen molar-refractivity contribution in [2.75, 3.05) is 20.3 Å². The molecule has 0 aliphatic heterocycles. The Morgan fingerprint density at radius 1 is 1.28 bits per heavy atom. The van der Waals surface area contributed by atoms with Gasteiger partial charge in [-0.3, -0.25) is 4.79 Å². The van der Waals surface area contributed by atoms with Crippen molar-refractivity contribution in [2.45, 2.75) is 25.8 Å². The second kappa shape index (κ2) is 8.66. The van der Waals surface area contributed by atoms with Gasteiger partial charge in [0.15, 0.2) is 0 Å². The van der Waals surface area contributed by atoms with Crippen molar-refractivity contribution in [3.8, 4) is 0 Å². The summed E-state index contributed by atoms with van der Waals surface area (Å²) in [6.07, 6.45) is 3.36. The third-order valence-electron chi connectivity index (χ3n) is 2.80. The van der Waals surface area contributed by atoms with Gasteiger partial charge >= 0.3 is 0 Å². The molecular weight excluding hydrogens is 228 g/mol. The van der Waals surface area contributed by atoms with Crippen molar-refractivity contribution in [1.29, 1.82) is 0 Å². The molecule has 0 heterocycles. The summed E-state index contributed by atoms with van der Waals surface area (Å²) in [6.45, 7) is 2.45. The Morgan fingerprint density at radius 3 is 2.78 bits per heavy atom. The lowest BCUT2D eigenvalue weighted by molar-refractivity contribution is 0.0999. The number of primary amides is 1. The van der Waals surface area contributed by atoms with Crippen LogP contribution in [0.5, 0.6) is 0 Å². The molecule has 0 spiro atoms. The minimum atomic E-state index is -0.368. The van der Waals surface area contributed by atoms with E-state index in [0.29, 0.717) is 12.1 Å². The number of methoxy groups -OCH3 is 1. The van der Waals surface area contributed by atoms with Gasteiger partial charge in [-0.25, -0.2) is 0 Å². The number of rotatable bonds is 9. The zero-order valence-electron chi connectivity index (χ0n) is 10.9. The predicted molar refractivity (Wildman–Crippen MR) is 72.4 cm³/mol. The van der Waals surface area contributed by atoms with Crippen LogP contribution >= 0.6 is 0 Å². The SMILES string of the molecule is COCCCCCNCc1ccccc1C(N)=O. The predicted octanol–water partition coefficient (Wildman–Crippen LogP) is 1.69. The summed E-state index contributed by atoms with van der Waals surface area (Å²) in [7, 11) is 1.72. The van der Waals surface area contributed by atoms with Gasteiger partial charge in [0.2, 0.25) is 5.91 Å². The number of hydrogen-bond acceptors (Lipinski definition) is 3. The first-order chi connectivity index (χ1) is 8.75. The van der Waals surface area contributed by atoms with E-state index in [1.165, 1.54) is 0 Å². The van der Waals surface area contributed by atoms with Gasteiger partial charge in [-0.05, 0) is 37.4 Å². The first kappa shape index (κ1) is 14.7. The Labute approximate surface area is 109 Å². The first-order valence-corrected chi connectivity index (χ1v) is 6.33. The second-order valence-electron chi connectivity index (χ2n) is 4.25. The summed E-state index contributed by atoms with van der Waals surface area (Å²) in [5.74, 6) is -0.368. The van der Waals surface area contributed by atoms with E-state index in [0.717, 1.165) is 38.0 Å². The Kier molecular flexibility index (Phi) is 7.06. The molecule has 0 radical (unpaired) electrons. The molecule has 1 aromatic carbocycles. The molecule has 0 bridgehead atoms. The van der Waals surface area contributed by atoms with E-state index in [1.807, 2.05) is 18.2 Å². The van der Waals surface area contributed by atoms with Crippen LogP contribution in [0.4, 0.5) is 0 Å². The van der Waals surface area contributed by atoms with E-state index in [9.17, 15) is 4.79 Å². The topological polar surface area (TPSA) is 64.3 Å². The lowest BCUT2D eigenvalue weighted by Crippen LogP contribution is -2.19. The number of unbranched alkanes of at least 4 members (excludes halogenated alkanes) is 2. The quantitative estimate of drug-likeness (QED) is 0.656. The number of benzene rings is 1. The zero-order chi connectivity index (χ0) is 13.2. The van der Waals surface area contributed by atoms with Crippen molar-refractivity contribution in [2.24, 2.45) is 5.73 Å². The summed E-state index contributed by atoms with van der Waals surface area (Å²) in [5, 5.41) is 3.33. The normalized spacial score (nSPS) is 10.5. The fraction of sp³-hybridized carbons (Fsp3) is 0.500. The summed E-state index contributed by atoms with van der Waals surface area (Å²) in [4.78, 5) is 11.2. The zero-order valence-corrected chi connectivity index (χ0v) is 10.9. The molecule has 3 N–H and O–H groups in total. The standard InChI is InChI=1S/C14H22N2O2/c1-18-10-6-2-5-9-16-11-12-7-3-4-8-13(12)14(15)17/h3-4,7-8,16H,2,5-6,9-11H2,1H3,(H2,15,17). The molecule has 1 rings (SSSR count). The Bertz CT molecular complexity index is 367. The molecule has 0 atom stereocenters. The highest BCUT2D eigenvalue weighted by Crippen LogP contribution is 2.07. The van der Waals surface area contributed by atoms with Gasteiger partial charge in [-0.1, -0.05) is 18.2 Å². The van der Waals surface area contributed by atoms with Crippen LogP contribution in [0.15, 0.2) is 24.3 Å². The van der Waals surface area contributed by atoms with Gasteiger partial charge in [0.25, 0.3) is 0 Å². The second-order valence-corrected chi connectivity index (χ2v) is 4.25. The van der Waals surface area contributed by atoms with Gasteiger partial charge in [0, 0.05) is 25.8 Å². The summed E-state index contributed by atoms with van der Waals surface area (Å²) in [6, 6.07) is 7.44. The molecule has 0 aromatic heterocycles. The monoisotopic (exact) mass is 250 g/mol. The van der Waals surface area contributed by atoms with Gasteiger partial charge < -0.3 is 15.8 Å². The van der Waals surface area contributed by atoms with E-state index in [-0.39, 0.29) is 5.91 Å². The maximum atomic E-state index is 11.2. The fourth-order valence-corrected chi connectivity index (χ4v) is 1.81. The molecule has 100 valence electrons. The molecule has 0 aliphatic carbocycles. The van der Waals surface area contributed by atoms with E-state index in [4.69, 9.17) is 10.5 Å². The molecule has 0 saturated carbocycles. The number of carbonyl (C=O) groups is 1. The largest absolute Gasteiger partial charge is 0.385 e. The van der Waals surface area contributed by atoms with Crippen molar-refractivity contribution < 1.29 is 9.53 Å². The third-order valence-corrected chi connectivity index (χ3v) is 2.80. The van der Waals surface area contributed by atoms with Crippen LogP contribution in [0.1, 0.15) is 35.2 Å². The average molecular weight is 250 g/mol. The molecule has 0 fully saturated rings. The van der Waals surface area contributed by atoms with Crippen molar-refractivity contribution in [3.63, 3.8) is 0 Å². The molecule has 0 unspecified atom stereocenters. The summed E-state index contributed by atoms with van der Waals surface area (Å²) < 4.78 is 4.99.